The molecule has 0 radical (unpaired) electrons. The summed E-state index contributed by atoms with van der Waals surface area (Å²) in [6, 6.07) is 3.66. The lowest BCUT2D eigenvalue weighted by Crippen LogP contribution is -2.60. The normalized spacial score (nSPS) is 15.0. The molecule has 0 saturated carbocycles. The summed E-state index contributed by atoms with van der Waals surface area (Å²) in [4.78, 5) is 49.8. The van der Waals surface area contributed by atoms with Gasteiger partial charge in [0.25, 0.3) is 5.72 Å². The van der Waals surface area contributed by atoms with Gasteiger partial charge in [-0.2, -0.15) is 0 Å². The molecule has 0 heterocycles. The number of hydrogen-bond acceptors (Lipinski definition) is 11. The van der Waals surface area contributed by atoms with Gasteiger partial charge in [0.15, 0.2) is 11.5 Å². The van der Waals surface area contributed by atoms with Gasteiger partial charge in [0, 0.05) is 12.5 Å². The summed E-state index contributed by atoms with van der Waals surface area (Å²) < 4.78 is 31.5. The summed E-state index contributed by atoms with van der Waals surface area (Å²) in [6.07, 6.45) is -2.93. The van der Waals surface area contributed by atoms with Gasteiger partial charge in [-0.25, -0.2) is 19.2 Å². The van der Waals surface area contributed by atoms with E-state index < -0.39 is 54.4 Å². The summed E-state index contributed by atoms with van der Waals surface area (Å²) in [5, 5.41) is 13.1. The molecule has 4 atom stereocenters. The first-order valence-electron chi connectivity index (χ1n) is 13.4. The Hall–Kier alpha value is -3.54. The third-order valence-electron chi connectivity index (χ3n) is 5.68. The van der Waals surface area contributed by atoms with E-state index in [1.807, 2.05) is 20.8 Å². The highest BCUT2D eigenvalue weighted by atomic mass is 16.8. The Morgan fingerprint density at radius 2 is 1.32 bits per heavy atom. The fourth-order valence-corrected chi connectivity index (χ4v) is 3.05. The fraction of sp³-hybridized carbons (Fsp3) is 0.643. The SMILES string of the molecule is CCC(C)N[C@@](Cc1ccc(OC(=O)OC(C)CC)c(OC(=O)OC(C)CC)c1)(OC(=O)OC(C)(C)C)C(=O)O. The second-order valence-electron chi connectivity index (χ2n) is 10.5. The first-order valence-corrected chi connectivity index (χ1v) is 13.4. The molecule has 0 amide bonds. The second kappa shape index (κ2) is 15.3. The van der Waals surface area contributed by atoms with Gasteiger partial charge in [0.05, 0.1) is 0 Å². The molecule has 40 heavy (non-hydrogen) atoms. The lowest BCUT2D eigenvalue weighted by Gasteiger charge is -2.33. The van der Waals surface area contributed by atoms with Gasteiger partial charge in [0.2, 0.25) is 0 Å². The number of benzene rings is 1. The molecule has 226 valence electrons. The van der Waals surface area contributed by atoms with Crippen LogP contribution in [0.5, 0.6) is 11.5 Å². The predicted molar refractivity (Wildman–Crippen MR) is 144 cm³/mol. The maximum absolute atomic E-state index is 12.6. The van der Waals surface area contributed by atoms with Crippen LogP contribution in [0.1, 0.15) is 87.1 Å². The quantitative estimate of drug-likeness (QED) is 0.124. The van der Waals surface area contributed by atoms with E-state index in [2.05, 4.69) is 5.32 Å². The largest absolute Gasteiger partial charge is 0.514 e. The molecule has 2 N–H and O–H groups in total. The van der Waals surface area contributed by atoms with Crippen molar-refractivity contribution in [2.24, 2.45) is 0 Å². The van der Waals surface area contributed by atoms with Crippen molar-refractivity contribution in [3.63, 3.8) is 0 Å². The molecule has 1 rings (SSSR count). The highest BCUT2D eigenvalue weighted by Gasteiger charge is 2.45. The molecule has 0 aliphatic heterocycles. The zero-order chi connectivity index (χ0) is 30.7. The van der Waals surface area contributed by atoms with E-state index in [4.69, 9.17) is 28.4 Å². The number of carboxylic acid groups (broad SMARTS) is 1. The van der Waals surface area contributed by atoms with Crippen LogP contribution in [0.2, 0.25) is 0 Å². The molecule has 0 aliphatic carbocycles. The topological polar surface area (TPSA) is 156 Å². The smallest absolute Gasteiger partial charge is 0.477 e. The molecule has 0 fully saturated rings. The van der Waals surface area contributed by atoms with Crippen LogP contribution < -0.4 is 14.8 Å². The van der Waals surface area contributed by atoms with Crippen LogP contribution in [0.4, 0.5) is 14.4 Å². The van der Waals surface area contributed by atoms with Gasteiger partial charge in [-0.05, 0) is 78.5 Å². The van der Waals surface area contributed by atoms with Crippen molar-refractivity contribution in [3.05, 3.63) is 23.8 Å². The average Bonchev–Trinajstić information content (AvgIpc) is 2.83. The van der Waals surface area contributed by atoms with Crippen molar-refractivity contribution < 1.29 is 52.7 Å². The second-order valence-corrected chi connectivity index (χ2v) is 10.5. The minimum Gasteiger partial charge on any atom is -0.477 e. The molecule has 12 heteroatoms. The average molecular weight is 570 g/mol. The number of carboxylic acids is 1. The zero-order valence-corrected chi connectivity index (χ0v) is 24.8. The van der Waals surface area contributed by atoms with E-state index in [1.54, 1.807) is 41.5 Å². The zero-order valence-electron chi connectivity index (χ0n) is 24.8. The summed E-state index contributed by atoms with van der Waals surface area (Å²) in [5.41, 5.74) is -2.92. The van der Waals surface area contributed by atoms with Gasteiger partial charge in [-0.15, -0.1) is 0 Å². The van der Waals surface area contributed by atoms with Gasteiger partial charge in [-0.1, -0.05) is 26.8 Å². The summed E-state index contributed by atoms with van der Waals surface area (Å²) in [7, 11) is 0. The Bertz CT molecular complexity index is 1020. The molecule has 0 spiro atoms. The standard InChI is InChI=1S/C28H43NO11/c1-10-17(4)29-28(23(30)31,40-26(34)39-27(7,8)9)16-20-13-14-21(37-24(32)35-18(5)11-2)22(15-20)38-25(33)36-19(6)12-3/h13-15,17-19,29H,10-12,16H2,1-9H3,(H,30,31)/t17?,18?,19?,28-/m0/s1. The lowest BCUT2D eigenvalue weighted by atomic mass is 10.00. The van der Waals surface area contributed by atoms with Crippen molar-refractivity contribution in [3.8, 4) is 11.5 Å². The van der Waals surface area contributed by atoms with E-state index in [9.17, 15) is 24.3 Å². The molecular formula is C28H43NO11. The van der Waals surface area contributed by atoms with Gasteiger partial charge >= 0.3 is 24.4 Å². The molecule has 1 aromatic rings. The first-order chi connectivity index (χ1) is 18.5. The number of nitrogens with one attached hydrogen (secondary N) is 1. The molecule has 0 saturated heterocycles. The van der Waals surface area contributed by atoms with Gasteiger partial charge < -0.3 is 33.5 Å². The molecule has 0 aromatic heterocycles. The van der Waals surface area contributed by atoms with Gasteiger partial charge in [0.1, 0.15) is 17.8 Å². The first kappa shape index (κ1) is 34.5. The van der Waals surface area contributed by atoms with Crippen molar-refractivity contribution in [2.75, 3.05) is 0 Å². The van der Waals surface area contributed by atoms with Crippen molar-refractivity contribution in [2.45, 2.75) is 118 Å². The Kier molecular flexibility index (Phi) is 13.2. The molecule has 1 aromatic carbocycles. The highest BCUT2D eigenvalue weighted by Crippen LogP contribution is 2.32. The number of ether oxygens (including phenoxy) is 6. The van der Waals surface area contributed by atoms with E-state index in [1.165, 1.54) is 18.2 Å². The molecule has 0 aliphatic rings. The monoisotopic (exact) mass is 569 g/mol. The number of aliphatic carboxylic acids is 1. The lowest BCUT2D eigenvalue weighted by molar-refractivity contribution is -0.169. The minimum atomic E-state index is -2.25. The number of hydrogen-bond donors (Lipinski definition) is 2. The van der Waals surface area contributed by atoms with E-state index in [-0.39, 0.29) is 23.1 Å². The summed E-state index contributed by atoms with van der Waals surface area (Å²) >= 11 is 0. The van der Waals surface area contributed by atoms with E-state index in [0.717, 1.165) is 0 Å². The molecule has 12 nitrogen and oxygen atoms in total. The van der Waals surface area contributed by atoms with Crippen LogP contribution in [0, 0.1) is 0 Å². The number of carbonyl (C=O) groups is 4. The van der Waals surface area contributed by atoms with Crippen LogP contribution in [-0.4, -0.2) is 59.1 Å². The van der Waals surface area contributed by atoms with Crippen LogP contribution in [0.15, 0.2) is 18.2 Å². The maximum Gasteiger partial charge on any atom is 0.514 e. The van der Waals surface area contributed by atoms with Crippen molar-refractivity contribution >= 4 is 24.4 Å². The third-order valence-corrected chi connectivity index (χ3v) is 5.68. The number of rotatable bonds is 13. The Morgan fingerprint density at radius 3 is 1.77 bits per heavy atom. The number of carbonyl (C=O) groups excluding carboxylic acids is 3. The summed E-state index contributed by atoms with van der Waals surface area (Å²) in [6.45, 7) is 15.4. The highest BCUT2D eigenvalue weighted by molar-refractivity contribution is 5.80. The van der Waals surface area contributed by atoms with E-state index >= 15 is 0 Å². The maximum atomic E-state index is 12.6. The van der Waals surface area contributed by atoms with Crippen LogP contribution in [-0.2, 0) is 30.2 Å². The molecular weight excluding hydrogens is 526 g/mol. The van der Waals surface area contributed by atoms with Crippen LogP contribution in [0.25, 0.3) is 0 Å². The van der Waals surface area contributed by atoms with Gasteiger partial charge in [-0.3, -0.25) is 5.32 Å². The van der Waals surface area contributed by atoms with Crippen molar-refractivity contribution in [1.29, 1.82) is 0 Å². The Balaban J connectivity index is 3.48. The van der Waals surface area contributed by atoms with Crippen LogP contribution >= 0.6 is 0 Å². The summed E-state index contributed by atoms with van der Waals surface area (Å²) in [5.74, 6) is -1.87. The van der Waals surface area contributed by atoms with Crippen LogP contribution in [0.3, 0.4) is 0 Å². The minimum absolute atomic E-state index is 0.165. The predicted octanol–water partition coefficient (Wildman–Crippen LogP) is 5.98. The van der Waals surface area contributed by atoms with E-state index in [0.29, 0.717) is 19.3 Å². The Morgan fingerprint density at radius 1 is 0.800 bits per heavy atom. The Labute approximate surface area is 235 Å². The fourth-order valence-electron chi connectivity index (χ4n) is 3.05. The third kappa shape index (κ3) is 11.7. The molecule has 0 bridgehead atoms. The van der Waals surface area contributed by atoms with Crippen molar-refractivity contribution in [1.82, 2.24) is 5.32 Å². The molecule has 3 unspecified atom stereocenters.